The van der Waals surface area contributed by atoms with Crippen LogP contribution < -0.4 is 15.4 Å². The molecule has 1 saturated heterocycles. The highest BCUT2D eigenvalue weighted by Gasteiger charge is 2.34. The Kier molecular flexibility index (Phi) is 6.14. The Labute approximate surface area is 139 Å². The van der Waals surface area contributed by atoms with Gasteiger partial charge in [-0.3, -0.25) is 9.59 Å². The van der Waals surface area contributed by atoms with Crippen LogP contribution in [0, 0.1) is 0 Å². The predicted molar refractivity (Wildman–Crippen MR) is 83.4 cm³/mol. The first kappa shape index (κ1) is 17.7. The van der Waals surface area contributed by atoms with Crippen molar-refractivity contribution in [2.75, 3.05) is 13.7 Å². The number of methoxy groups -OCH3 is 1. The van der Waals surface area contributed by atoms with Gasteiger partial charge in [0.05, 0.1) is 13.7 Å². The van der Waals surface area contributed by atoms with Crippen LogP contribution in [0.25, 0.3) is 0 Å². The van der Waals surface area contributed by atoms with Crippen molar-refractivity contribution in [1.82, 2.24) is 10.6 Å². The molecule has 2 amide bonds. The van der Waals surface area contributed by atoms with Crippen LogP contribution in [0.2, 0.25) is 0 Å². The van der Waals surface area contributed by atoms with E-state index in [1.807, 2.05) is 12.1 Å². The summed E-state index contributed by atoms with van der Waals surface area (Å²) in [5, 5.41) is 13.9. The third-order valence-corrected chi connectivity index (χ3v) is 3.66. The summed E-state index contributed by atoms with van der Waals surface area (Å²) in [5.74, 6) is -1.17. The molecule has 3 N–H and O–H groups in total. The molecule has 0 spiro atoms. The molecule has 1 aliphatic heterocycles. The first-order valence-electron chi connectivity index (χ1n) is 7.55. The smallest absolute Gasteiger partial charge is 0.332 e. The maximum Gasteiger partial charge on any atom is 0.332 e. The molecule has 8 heteroatoms. The minimum atomic E-state index is -1.08. The highest BCUT2D eigenvalue weighted by Crippen LogP contribution is 2.19. The molecular formula is C16H20N2O6. The largest absolute Gasteiger partial charge is 0.497 e. The van der Waals surface area contributed by atoms with E-state index in [2.05, 4.69) is 10.6 Å². The normalized spacial score (nSPS) is 19.5. The van der Waals surface area contributed by atoms with Gasteiger partial charge in [0.25, 0.3) is 0 Å². The van der Waals surface area contributed by atoms with Gasteiger partial charge < -0.3 is 25.2 Å². The van der Waals surface area contributed by atoms with Crippen LogP contribution in [0.15, 0.2) is 24.3 Å². The van der Waals surface area contributed by atoms with E-state index in [4.69, 9.17) is 14.6 Å². The van der Waals surface area contributed by atoms with Gasteiger partial charge in [-0.05, 0) is 30.5 Å². The van der Waals surface area contributed by atoms with Gasteiger partial charge in [-0.2, -0.15) is 0 Å². The fourth-order valence-electron chi connectivity index (χ4n) is 2.30. The third kappa shape index (κ3) is 4.95. The van der Waals surface area contributed by atoms with E-state index in [-0.39, 0.29) is 18.9 Å². The standard InChI is InChI=1S/C16H20N2O6/c1-23-11-4-2-10(3-5-11)8-17-14(19)9-18-15(20)12-6-7-13(24-12)16(21)22/h2-5,12-13H,6-9H2,1H3,(H,17,19)(H,18,20)(H,21,22)/t12-,13+/m0/s1. The van der Waals surface area contributed by atoms with Crippen molar-refractivity contribution < 1.29 is 29.0 Å². The molecule has 0 aromatic heterocycles. The maximum atomic E-state index is 11.8. The average Bonchev–Trinajstić information content (AvgIpc) is 3.08. The van der Waals surface area contributed by atoms with E-state index in [9.17, 15) is 14.4 Å². The second kappa shape index (κ2) is 8.30. The number of nitrogens with one attached hydrogen (secondary N) is 2. The fourth-order valence-corrected chi connectivity index (χ4v) is 2.30. The van der Waals surface area contributed by atoms with Crippen LogP contribution in [0.5, 0.6) is 5.75 Å². The molecule has 1 heterocycles. The Morgan fingerprint density at radius 1 is 1.17 bits per heavy atom. The third-order valence-electron chi connectivity index (χ3n) is 3.66. The quantitative estimate of drug-likeness (QED) is 0.649. The lowest BCUT2D eigenvalue weighted by molar-refractivity contribution is -0.152. The van der Waals surface area contributed by atoms with E-state index >= 15 is 0 Å². The van der Waals surface area contributed by atoms with Crippen LogP contribution in [-0.2, 0) is 25.7 Å². The molecule has 0 radical (unpaired) electrons. The number of rotatable bonds is 7. The van der Waals surface area contributed by atoms with Gasteiger partial charge in [0, 0.05) is 6.54 Å². The van der Waals surface area contributed by atoms with Gasteiger partial charge in [0.1, 0.15) is 11.9 Å². The molecule has 1 aromatic carbocycles. The fraction of sp³-hybridized carbons (Fsp3) is 0.438. The summed E-state index contributed by atoms with van der Waals surface area (Å²) >= 11 is 0. The van der Waals surface area contributed by atoms with E-state index in [0.29, 0.717) is 13.0 Å². The van der Waals surface area contributed by atoms with Gasteiger partial charge in [-0.1, -0.05) is 12.1 Å². The summed E-state index contributed by atoms with van der Waals surface area (Å²) in [6, 6.07) is 7.24. The van der Waals surface area contributed by atoms with Crippen molar-refractivity contribution >= 4 is 17.8 Å². The van der Waals surface area contributed by atoms with Crippen molar-refractivity contribution in [2.24, 2.45) is 0 Å². The van der Waals surface area contributed by atoms with Crippen LogP contribution >= 0.6 is 0 Å². The number of carboxylic acid groups (broad SMARTS) is 1. The molecular weight excluding hydrogens is 316 g/mol. The number of carboxylic acids is 1. The molecule has 2 rings (SSSR count). The zero-order chi connectivity index (χ0) is 17.5. The number of benzene rings is 1. The molecule has 8 nitrogen and oxygen atoms in total. The number of aliphatic carboxylic acids is 1. The van der Waals surface area contributed by atoms with Crippen LogP contribution in [0.4, 0.5) is 0 Å². The highest BCUT2D eigenvalue weighted by molar-refractivity contribution is 5.87. The molecule has 130 valence electrons. The Balaban J connectivity index is 1.69. The molecule has 24 heavy (non-hydrogen) atoms. The van der Waals surface area contributed by atoms with Gasteiger partial charge in [0.2, 0.25) is 11.8 Å². The molecule has 1 fully saturated rings. The molecule has 0 bridgehead atoms. The Bertz CT molecular complexity index is 601. The number of ether oxygens (including phenoxy) is 2. The Morgan fingerprint density at radius 2 is 1.83 bits per heavy atom. The van der Waals surface area contributed by atoms with Gasteiger partial charge >= 0.3 is 5.97 Å². The summed E-state index contributed by atoms with van der Waals surface area (Å²) in [5.41, 5.74) is 0.902. The summed E-state index contributed by atoms with van der Waals surface area (Å²) < 4.78 is 10.2. The number of carbonyl (C=O) groups is 3. The number of amides is 2. The number of hydrogen-bond donors (Lipinski definition) is 3. The zero-order valence-electron chi connectivity index (χ0n) is 13.3. The number of hydrogen-bond acceptors (Lipinski definition) is 5. The van der Waals surface area contributed by atoms with Gasteiger partial charge in [-0.25, -0.2) is 4.79 Å². The van der Waals surface area contributed by atoms with Crippen LogP contribution in [0.3, 0.4) is 0 Å². The minimum absolute atomic E-state index is 0.188. The molecule has 0 unspecified atom stereocenters. The zero-order valence-corrected chi connectivity index (χ0v) is 13.3. The van der Waals surface area contributed by atoms with E-state index in [0.717, 1.165) is 11.3 Å². The second-order valence-corrected chi connectivity index (χ2v) is 5.37. The SMILES string of the molecule is COc1ccc(CNC(=O)CNC(=O)[C@@H]2CC[C@H](C(=O)O)O2)cc1. The van der Waals surface area contributed by atoms with Crippen molar-refractivity contribution in [3.05, 3.63) is 29.8 Å². The van der Waals surface area contributed by atoms with Crippen molar-refractivity contribution in [1.29, 1.82) is 0 Å². The van der Waals surface area contributed by atoms with Gasteiger partial charge in [0.15, 0.2) is 6.10 Å². The maximum absolute atomic E-state index is 11.8. The first-order valence-corrected chi connectivity index (χ1v) is 7.55. The molecule has 1 aliphatic rings. The monoisotopic (exact) mass is 336 g/mol. The lowest BCUT2D eigenvalue weighted by atomic mass is 10.2. The van der Waals surface area contributed by atoms with Crippen LogP contribution in [0.1, 0.15) is 18.4 Å². The van der Waals surface area contributed by atoms with Crippen molar-refractivity contribution in [3.8, 4) is 5.75 Å². The summed E-state index contributed by atoms with van der Waals surface area (Å²) in [6.07, 6.45) is -1.15. The first-order chi connectivity index (χ1) is 11.5. The number of carbonyl (C=O) groups excluding carboxylic acids is 2. The topological polar surface area (TPSA) is 114 Å². The second-order valence-electron chi connectivity index (χ2n) is 5.37. The Hall–Kier alpha value is -2.61. The highest BCUT2D eigenvalue weighted by atomic mass is 16.5. The van der Waals surface area contributed by atoms with Crippen molar-refractivity contribution in [2.45, 2.75) is 31.6 Å². The summed E-state index contributed by atoms with van der Waals surface area (Å²) in [7, 11) is 1.58. The van der Waals surface area contributed by atoms with E-state index in [1.54, 1.807) is 19.2 Å². The van der Waals surface area contributed by atoms with E-state index < -0.39 is 24.1 Å². The van der Waals surface area contributed by atoms with Gasteiger partial charge in [-0.15, -0.1) is 0 Å². The Morgan fingerprint density at radius 3 is 2.42 bits per heavy atom. The van der Waals surface area contributed by atoms with Crippen molar-refractivity contribution in [3.63, 3.8) is 0 Å². The summed E-state index contributed by atoms with van der Waals surface area (Å²) in [6.45, 7) is 0.145. The molecule has 0 aliphatic carbocycles. The minimum Gasteiger partial charge on any atom is -0.497 e. The predicted octanol–water partition coefficient (Wildman–Crippen LogP) is 0.0598. The van der Waals surface area contributed by atoms with E-state index in [1.165, 1.54) is 0 Å². The average molecular weight is 336 g/mol. The molecule has 2 atom stereocenters. The summed E-state index contributed by atoms with van der Waals surface area (Å²) in [4.78, 5) is 34.4. The molecule has 0 saturated carbocycles. The van der Waals surface area contributed by atoms with Crippen LogP contribution in [-0.4, -0.2) is 48.8 Å². The lowest BCUT2D eigenvalue weighted by Crippen LogP contribution is -2.41. The molecule has 1 aromatic rings. The lowest BCUT2D eigenvalue weighted by Gasteiger charge is -2.12.